The second-order valence-electron chi connectivity index (χ2n) is 21.8. The molecule has 35 atom stereocenters. The highest BCUT2D eigenvalue weighted by atomic mass is 16.8. The van der Waals surface area contributed by atoms with Gasteiger partial charge in [-0.05, 0) is 6.92 Å². The molecule has 7 rings (SSSR count). The van der Waals surface area contributed by atoms with Crippen molar-refractivity contribution in [1.29, 1.82) is 0 Å². The number of hydrogen-bond donors (Lipinski definition) is 22. The molecule has 0 spiro atoms. The summed E-state index contributed by atoms with van der Waals surface area (Å²) in [6, 6.07) is -5.34. The first-order valence-electron chi connectivity index (χ1n) is 27.5. The van der Waals surface area contributed by atoms with Crippen molar-refractivity contribution in [2.24, 2.45) is 0 Å². The summed E-state index contributed by atoms with van der Waals surface area (Å²) < 4.78 is 76.7. The SMILES string of the molecule is CC(=O)N[C@@H]1[C@@H](O)[C@H](O[C@@H]2O[C@H](CO)[C@@H](O[C@@H]3O[C@H](CO[C@H]4O[C@H](CO)[C@@H](O)[C@H](O)[C@@H]4O)[C@@H](O[C@@H]4O[C@H](CO)[C@@H](O)[C@H](O)[C@H]4NC(C)=O)[C@H](O[C@H]4O[C@H](CO)[C@@H](O)[C@H](O)[C@@H]4O)[C@@H]3O)[C@H](O)[C@H]2NC(C)=O)[C@@H](CO[C@H]2O[C@H](C)[C@H](O)[C@H](O)[C@H]2O)O[C@H]1O. The highest BCUT2D eigenvalue weighted by molar-refractivity contribution is 5.74. The first-order chi connectivity index (χ1) is 40.6. The van der Waals surface area contributed by atoms with Crippen molar-refractivity contribution in [3.8, 4) is 0 Å². The van der Waals surface area contributed by atoms with Crippen LogP contribution >= 0.6 is 0 Å². The summed E-state index contributed by atoms with van der Waals surface area (Å²) in [6.07, 6.45) is -62.2. The first-order valence-corrected chi connectivity index (χ1v) is 27.5. The summed E-state index contributed by atoms with van der Waals surface area (Å²) in [7, 11) is 0. The zero-order valence-electron chi connectivity index (χ0n) is 46.5. The predicted octanol–water partition coefficient (Wildman–Crippen LogP) is -14.8. The molecule has 22 N–H and O–H groups in total. The van der Waals surface area contributed by atoms with Crippen molar-refractivity contribution in [1.82, 2.24) is 16.0 Å². The van der Waals surface area contributed by atoms with Crippen LogP contribution in [0.25, 0.3) is 0 Å². The molecule has 7 aliphatic heterocycles. The Kier molecular flexibility index (Phi) is 25.0. The average molecular weight is 1260 g/mol. The van der Waals surface area contributed by atoms with Crippen LogP contribution in [0.5, 0.6) is 0 Å². The molecule has 7 aliphatic rings. The molecule has 0 aromatic heterocycles. The number of amides is 3. The van der Waals surface area contributed by atoms with Crippen molar-refractivity contribution in [3.05, 3.63) is 0 Å². The molecule has 0 aliphatic carbocycles. The van der Waals surface area contributed by atoms with Crippen LogP contribution in [0.2, 0.25) is 0 Å². The van der Waals surface area contributed by atoms with Crippen molar-refractivity contribution in [3.63, 3.8) is 0 Å². The molecule has 7 saturated heterocycles. The Morgan fingerprint density at radius 3 is 1.17 bits per heavy atom. The van der Waals surface area contributed by atoms with E-state index in [1.165, 1.54) is 6.92 Å². The van der Waals surface area contributed by atoms with Crippen LogP contribution in [0, 0.1) is 0 Å². The molecular weight excluding hydrogens is 1180 g/mol. The first kappa shape index (κ1) is 70.6. The minimum atomic E-state index is -2.44. The summed E-state index contributed by atoms with van der Waals surface area (Å²) in [5.41, 5.74) is 0. The molecule has 0 aromatic carbocycles. The molecule has 38 nitrogen and oxygen atoms in total. The maximum absolute atomic E-state index is 13.0. The molecule has 0 aromatic rings. The largest absolute Gasteiger partial charge is 0.394 e. The van der Waals surface area contributed by atoms with E-state index in [2.05, 4.69) is 16.0 Å². The fourth-order valence-electron chi connectivity index (χ4n) is 10.9. The minimum absolute atomic E-state index is 0.779. The van der Waals surface area contributed by atoms with Crippen molar-refractivity contribution in [2.45, 2.75) is 242 Å². The van der Waals surface area contributed by atoms with E-state index < -0.39 is 272 Å². The van der Waals surface area contributed by atoms with Crippen molar-refractivity contribution in [2.75, 3.05) is 39.6 Å². The maximum atomic E-state index is 13.0. The van der Waals surface area contributed by atoms with Gasteiger partial charge in [-0.1, -0.05) is 0 Å². The van der Waals surface area contributed by atoms with Gasteiger partial charge in [-0.3, -0.25) is 14.4 Å². The van der Waals surface area contributed by atoms with Crippen LogP contribution in [0.3, 0.4) is 0 Å². The lowest BCUT2D eigenvalue weighted by atomic mass is 9.93. The number of aliphatic hydroxyl groups is 19. The zero-order valence-corrected chi connectivity index (χ0v) is 46.5. The van der Waals surface area contributed by atoms with E-state index in [-0.39, 0.29) is 0 Å². The minimum Gasteiger partial charge on any atom is -0.394 e. The van der Waals surface area contributed by atoms with Crippen LogP contribution in [0.4, 0.5) is 0 Å². The van der Waals surface area contributed by atoms with E-state index >= 15 is 0 Å². The number of ether oxygens (including phenoxy) is 13. The Morgan fingerprint density at radius 1 is 0.326 bits per heavy atom. The molecule has 7 heterocycles. The maximum Gasteiger partial charge on any atom is 0.217 e. The highest BCUT2D eigenvalue weighted by Crippen LogP contribution is 2.38. The lowest BCUT2D eigenvalue weighted by molar-refractivity contribution is -0.398. The predicted molar refractivity (Wildman–Crippen MR) is 265 cm³/mol. The van der Waals surface area contributed by atoms with E-state index in [0.717, 1.165) is 20.8 Å². The highest BCUT2D eigenvalue weighted by Gasteiger charge is 2.59. The molecule has 86 heavy (non-hydrogen) atoms. The Hall–Kier alpha value is -2.87. The van der Waals surface area contributed by atoms with E-state index in [4.69, 9.17) is 61.6 Å². The van der Waals surface area contributed by atoms with Gasteiger partial charge in [-0.15, -0.1) is 0 Å². The van der Waals surface area contributed by atoms with Gasteiger partial charge < -0.3 is 175 Å². The summed E-state index contributed by atoms with van der Waals surface area (Å²) in [5, 5.41) is 214. The summed E-state index contributed by atoms with van der Waals surface area (Å²) >= 11 is 0. The van der Waals surface area contributed by atoms with Crippen LogP contribution < -0.4 is 16.0 Å². The normalized spacial score (nSPS) is 49.4. The molecule has 7 fully saturated rings. The van der Waals surface area contributed by atoms with Crippen molar-refractivity contribution < 1.29 is 173 Å². The molecule has 38 heteroatoms. The van der Waals surface area contributed by atoms with E-state index in [0.29, 0.717) is 0 Å². The average Bonchev–Trinajstić information content (AvgIpc) is 1.21. The molecule has 0 bridgehead atoms. The van der Waals surface area contributed by atoms with Crippen LogP contribution in [0.15, 0.2) is 0 Å². The molecule has 3 amide bonds. The van der Waals surface area contributed by atoms with Gasteiger partial charge in [0.2, 0.25) is 17.7 Å². The molecule has 0 radical (unpaired) electrons. The van der Waals surface area contributed by atoms with Gasteiger partial charge in [0.1, 0.15) is 165 Å². The Balaban J connectivity index is 1.25. The number of hydrogen-bond acceptors (Lipinski definition) is 35. The number of carbonyl (C=O) groups excluding carboxylic acids is 3. The van der Waals surface area contributed by atoms with Crippen molar-refractivity contribution >= 4 is 17.7 Å². The molecule has 0 unspecified atom stereocenters. The van der Waals surface area contributed by atoms with Gasteiger partial charge in [-0.2, -0.15) is 0 Å². The topological polar surface area (TPSA) is 592 Å². The molecule has 0 saturated carbocycles. The van der Waals surface area contributed by atoms with Gasteiger partial charge in [0, 0.05) is 20.8 Å². The van der Waals surface area contributed by atoms with Crippen LogP contribution in [-0.4, -0.2) is 369 Å². The fraction of sp³-hybridized carbons (Fsp3) is 0.938. The monoisotopic (exact) mass is 1260 g/mol. The Labute approximate surface area is 488 Å². The molecular formula is C48H81N3O35. The third-order valence-electron chi connectivity index (χ3n) is 15.7. The third kappa shape index (κ3) is 15.5. The standard InChI is InChI=1S/C48H81N3O35/c1-11-24(59)31(66)34(69)45(76-11)74-9-19-39(29(64)21(42(73)77-19)49-12(2)56)83-44-23(51-14(4)58)30(65)38(18(8-55)81-44)84-48-37(72)41(86-47-36(71)33(68)27(62)17(7-54)80-47)40(85-43-22(50-13(3)57)28(63)25(60)15(5-52)78-43)20(82-48)10-75-46-35(70)32(67)26(61)16(6-53)79-46/h11,15-48,52-55,59-73H,5-10H2,1-4H3,(H,49,56)(H,50,57)(H,51,58)/t11-,15-,16-,17-,18-,19-,20-,21-,22-,23-,24+,25-,26-,27-,28-,29-,30-,31+,32+,33+,34-,35+,36+,37+,38-,39-,40-,41-,42-,43+,44+,45+,46+,47-,48+/m1/s1. The number of aliphatic hydroxyl groups excluding tert-OH is 19. The Morgan fingerprint density at radius 2 is 0.663 bits per heavy atom. The molecule has 498 valence electrons. The Bertz CT molecular complexity index is 2170. The zero-order chi connectivity index (χ0) is 63.5. The van der Waals surface area contributed by atoms with Crippen LogP contribution in [-0.2, 0) is 76.0 Å². The van der Waals surface area contributed by atoms with Gasteiger partial charge in [-0.25, -0.2) is 0 Å². The third-order valence-corrected chi connectivity index (χ3v) is 15.7. The number of carbonyl (C=O) groups is 3. The van der Waals surface area contributed by atoms with Gasteiger partial charge in [0.25, 0.3) is 0 Å². The lowest BCUT2D eigenvalue weighted by Gasteiger charge is -2.51. The number of nitrogens with one attached hydrogen (secondary N) is 3. The second-order valence-corrected chi connectivity index (χ2v) is 21.8. The summed E-state index contributed by atoms with van der Waals surface area (Å²) in [5.74, 6) is -2.55. The van der Waals surface area contributed by atoms with Gasteiger partial charge >= 0.3 is 0 Å². The fourth-order valence-corrected chi connectivity index (χ4v) is 10.9. The number of rotatable bonds is 21. The smallest absolute Gasteiger partial charge is 0.217 e. The van der Waals surface area contributed by atoms with E-state index in [1.54, 1.807) is 0 Å². The van der Waals surface area contributed by atoms with Crippen LogP contribution in [0.1, 0.15) is 27.7 Å². The quantitative estimate of drug-likeness (QED) is 0.0507. The second kappa shape index (κ2) is 30.5. The summed E-state index contributed by atoms with van der Waals surface area (Å²) in [6.45, 7) is -1.57. The van der Waals surface area contributed by atoms with E-state index in [9.17, 15) is 111 Å². The van der Waals surface area contributed by atoms with Gasteiger partial charge in [0.15, 0.2) is 44.0 Å². The van der Waals surface area contributed by atoms with Gasteiger partial charge in [0.05, 0.1) is 45.7 Å². The summed E-state index contributed by atoms with van der Waals surface area (Å²) in [4.78, 5) is 37.8. The van der Waals surface area contributed by atoms with E-state index in [1.807, 2.05) is 0 Å². The lowest BCUT2D eigenvalue weighted by Crippen LogP contribution is -2.71.